The summed E-state index contributed by atoms with van der Waals surface area (Å²) in [5.41, 5.74) is 1.89. The SMILES string of the molecule is CC(=O)CCc1ccc(C(=O)CC(C)(C)C)cc1. The molecule has 0 N–H and O–H groups in total. The minimum absolute atomic E-state index is 0.0182. The van der Waals surface area contributed by atoms with Crippen LogP contribution in [0.2, 0.25) is 0 Å². The summed E-state index contributed by atoms with van der Waals surface area (Å²) in [6.45, 7) is 7.78. The molecule has 18 heavy (non-hydrogen) atoms. The van der Waals surface area contributed by atoms with E-state index in [2.05, 4.69) is 20.8 Å². The van der Waals surface area contributed by atoms with Gasteiger partial charge < -0.3 is 4.79 Å². The van der Waals surface area contributed by atoms with E-state index < -0.39 is 0 Å². The molecule has 2 heteroatoms. The number of aryl methyl sites for hydroxylation is 1. The summed E-state index contributed by atoms with van der Waals surface area (Å²) < 4.78 is 0. The lowest BCUT2D eigenvalue weighted by Gasteiger charge is -2.16. The van der Waals surface area contributed by atoms with Gasteiger partial charge in [0.1, 0.15) is 5.78 Å². The van der Waals surface area contributed by atoms with Crippen LogP contribution < -0.4 is 0 Å². The Bertz CT molecular complexity index is 421. The second-order valence-electron chi connectivity index (χ2n) is 6.06. The summed E-state index contributed by atoms with van der Waals surface area (Å²) in [5.74, 6) is 0.378. The summed E-state index contributed by atoms with van der Waals surface area (Å²) in [6.07, 6.45) is 1.87. The van der Waals surface area contributed by atoms with Crippen LogP contribution >= 0.6 is 0 Å². The maximum absolute atomic E-state index is 12.0. The lowest BCUT2D eigenvalue weighted by Crippen LogP contribution is -2.13. The van der Waals surface area contributed by atoms with Crippen molar-refractivity contribution in [2.45, 2.75) is 47.0 Å². The monoisotopic (exact) mass is 246 g/mol. The Morgan fingerprint density at radius 3 is 2.06 bits per heavy atom. The first-order valence-electron chi connectivity index (χ1n) is 6.39. The van der Waals surface area contributed by atoms with Crippen molar-refractivity contribution in [2.75, 3.05) is 0 Å². The number of carbonyl (C=O) groups is 2. The molecule has 1 aromatic rings. The number of rotatable bonds is 5. The fraction of sp³-hybridized carbons (Fsp3) is 0.500. The van der Waals surface area contributed by atoms with Crippen LogP contribution in [-0.4, -0.2) is 11.6 Å². The Kier molecular flexibility index (Phi) is 4.83. The highest BCUT2D eigenvalue weighted by Gasteiger charge is 2.17. The molecule has 1 rings (SSSR count). The highest BCUT2D eigenvalue weighted by atomic mass is 16.1. The third-order valence-corrected chi connectivity index (χ3v) is 2.73. The van der Waals surface area contributed by atoms with Crippen molar-refractivity contribution >= 4 is 11.6 Å². The van der Waals surface area contributed by atoms with Crippen molar-refractivity contribution < 1.29 is 9.59 Å². The normalized spacial score (nSPS) is 11.3. The molecule has 0 fully saturated rings. The molecule has 0 radical (unpaired) electrons. The third kappa shape index (κ3) is 5.26. The van der Waals surface area contributed by atoms with Crippen molar-refractivity contribution in [1.82, 2.24) is 0 Å². The predicted octanol–water partition coefficient (Wildman–Crippen LogP) is 3.83. The van der Waals surface area contributed by atoms with E-state index in [0.29, 0.717) is 12.8 Å². The van der Waals surface area contributed by atoms with Crippen LogP contribution in [0, 0.1) is 5.41 Å². The number of benzene rings is 1. The van der Waals surface area contributed by atoms with Gasteiger partial charge in [0.2, 0.25) is 0 Å². The van der Waals surface area contributed by atoms with Gasteiger partial charge in [0, 0.05) is 18.4 Å². The van der Waals surface area contributed by atoms with E-state index >= 15 is 0 Å². The molecule has 0 saturated heterocycles. The minimum atomic E-state index is 0.0182. The molecule has 1 aromatic carbocycles. The van der Waals surface area contributed by atoms with E-state index in [1.165, 1.54) is 0 Å². The van der Waals surface area contributed by atoms with E-state index in [9.17, 15) is 9.59 Å². The molecular formula is C16H22O2. The van der Waals surface area contributed by atoms with Crippen molar-refractivity contribution in [1.29, 1.82) is 0 Å². The van der Waals surface area contributed by atoms with E-state index in [0.717, 1.165) is 17.5 Å². The fourth-order valence-electron chi connectivity index (χ4n) is 1.76. The molecule has 0 aliphatic heterocycles. The average Bonchev–Trinajstić information content (AvgIpc) is 2.24. The summed E-state index contributed by atoms with van der Waals surface area (Å²) >= 11 is 0. The number of hydrogen-bond acceptors (Lipinski definition) is 2. The van der Waals surface area contributed by atoms with Crippen molar-refractivity contribution in [2.24, 2.45) is 5.41 Å². The molecule has 0 atom stereocenters. The first-order valence-corrected chi connectivity index (χ1v) is 6.39. The van der Waals surface area contributed by atoms with E-state index in [4.69, 9.17) is 0 Å². The summed E-state index contributed by atoms with van der Waals surface area (Å²) in [4.78, 5) is 22.9. The van der Waals surface area contributed by atoms with Gasteiger partial charge in [-0.2, -0.15) is 0 Å². The van der Waals surface area contributed by atoms with Gasteiger partial charge in [-0.3, -0.25) is 4.79 Å². The first-order chi connectivity index (χ1) is 8.28. The van der Waals surface area contributed by atoms with Crippen LogP contribution in [0.3, 0.4) is 0 Å². The van der Waals surface area contributed by atoms with Crippen LogP contribution in [0.25, 0.3) is 0 Å². The van der Waals surface area contributed by atoms with Gasteiger partial charge in [-0.25, -0.2) is 0 Å². The average molecular weight is 246 g/mol. The number of ketones is 2. The molecule has 0 heterocycles. The van der Waals surface area contributed by atoms with E-state index in [1.54, 1.807) is 6.92 Å². The number of Topliss-reactive ketones (excluding diaryl/α,β-unsaturated/α-hetero) is 2. The van der Waals surface area contributed by atoms with Crippen LogP contribution in [0.15, 0.2) is 24.3 Å². The maximum Gasteiger partial charge on any atom is 0.163 e. The zero-order valence-corrected chi connectivity index (χ0v) is 11.7. The van der Waals surface area contributed by atoms with Gasteiger partial charge in [0.05, 0.1) is 0 Å². The Morgan fingerprint density at radius 1 is 1.06 bits per heavy atom. The molecule has 0 saturated carbocycles. The Hall–Kier alpha value is -1.44. The summed E-state index contributed by atoms with van der Waals surface area (Å²) in [6, 6.07) is 7.62. The van der Waals surface area contributed by atoms with Crippen LogP contribution in [-0.2, 0) is 11.2 Å². The molecule has 2 nitrogen and oxygen atoms in total. The molecular weight excluding hydrogens is 224 g/mol. The van der Waals surface area contributed by atoms with Gasteiger partial charge in [-0.1, -0.05) is 45.0 Å². The van der Waals surface area contributed by atoms with Crippen molar-refractivity contribution in [3.05, 3.63) is 35.4 Å². The number of carbonyl (C=O) groups excluding carboxylic acids is 2. The molecule has 0 spiro atoms. The van der Waals surface area contributed by atoms with Crippen LogP contribution in [0.5, 0.6) is 0 Å². The van der Waals surface area contributed by atoms with Crippen LogP contribution in [0.4, 0.5) is 0 Å². The Balaban J connectivity index is 2.65. The largest absolute Gasteiger partial charge is 0.300 e. The zero-order chi connectivity index (χ0) is 13.8. The highest BCUT2D eigenvalue weighted by Crippen LogP contribution is 2.21. The lowest BCUT2D eigenvalue weighted by atomic mass is 9.87. The Morgan fingerprint density at radius 2 is 1.61 bits per heavy atom. The zero-order valence-electron chi connectivity index (χ0n) is 11.7. The van der Waals surface area contributed by atoms with Gasteiger partial charge in [-0.15, -0.1) is 0 Å². The third-order valence-electron chi connectivity index (χ3n) is 2.73. The minimum Gasteiger partial charge on any atom is -0.300 e. The highest BCUT2D eigenvalue weighted by molar-refractivity contribution is 5.96. The smallest absolute Gasteiger partial charge is 0.163 e. The summed E-state index contributed by atoms with van der Waals surface area (Å²) in [7, 11) is 0. The van der Waals surface area contributed by atoms with E-state index in [-0.39, 0.29) is 17.0 Å². The van der Waals surface area contributed by atoms with Crippen LogP contribution in [0.1, 0.15) is 56.5 Å². The molecule has 0 aromatic heterocycles. The van der Waals surface area contributed by atoms with E-state index in [1.807, 2.05) is 24.3 Å². The molecule has 0 unspecified atom stereocenters. The van der Waals surface area contributed by atoms with Crippen molar-refractivity contribution in [3.8, 4) is 0 Å². The first kappa shape index (κ1) is 14.6. The maximum atomic E-state index is 12.0. The second kappa shape index (κ2) is 5.94. The predicted molar refractivity (Wildman–Crippen MR) is 73.8 cm³/mol. The van der Waals surface area contributed by atoms with Gasteiger partial charge >= 0.3 is 0 Å². The van der Waals surface area contributed by atoms with Crippen molar-refractivity contribution in [3.63, 3.8) is 0 Å². The van der Waals surface area contributed by atoms with Gasteiger partial charge in [0.15, 0.2) is 5.78 Å². The molecule has 0 amide bonds. The fourth-order valence-corrected chi connectivity index (χ4v) is 1.76. The lowest BCUT2D eigenvalue weighted by molar-refractivity contribution is -0.116. The molecule has 0 aliphatic carbocycles. The summed E-state index contributed by atoms with van der Waals surface area (Å²) in [5, 5.41) is 0. The molecule has 98 valence electrons. The van der Waals surface area contributed by atoms with Gasteiger partial charge in [0.25, 0.3) is 0 Å². The quantitative estimate of drug-likeness (QED) is 0.740. The number of hydrogen-bond donors (Lipinski definition) is 0. The van der Waals surface area contributed by atoms with Gasteiger partial charge in [-0.05, 0) is 24.3 Å². The molecule has 0 aliphatic rings. The Labute approximate surface area is 109 Å². The standard InChI is InChI=1S/C16H22O2/c1-12(17)5-6-13-7-9-14(10-8-13)15(18)11-16(2,3)4/h7-10H,5-6,11H2,1-4H3. The topological polar surface area (TPSA) is 34.1 Å². The molecule has 0 bridgehead atoms. The second-order valence-corrected chi connectivity index (χ2v) is 6.06.